The standard InChI is InChI=1S/C9H18O2/c1-7-3-9(2,4-7)5-8(11)6-10/h7-8,10-11H,3-6H2,1-2H3/t7-,8?,9-. The van der Waals surface area contributed by atoms with Crippen LogP contribution in [-0.4, -0.2) is 22.9 Å². The lowest BCUT2D eigenvalue weighted by atomic mass is 9.61. The fourth-order valence-electron chi connectivity index (χ4n) is 2.42. The highest BCUT2D eigenvalue weighted by atomic mass is 16.3. The zero-order valence-electron chi connectivity index (χ0n) is 7.38. The van der Waals surface area contributed by atoms with E-state index < -0.39 is 6.10 Å². The minimum atomic E-state index is -0.507. The third-order valence-electron chi connectivity index (χ3n) is 2.62. The van der Waals surface area contributed by atoms with Gasteiger partial charge in [0.1, 0.15) is 0 Å². The topological polar surface area (TPSA) is 40.5 Å². The van der Waals surface area contributed by atoms with E-state index in [1.165, 1.54) is 12.8 Å². The van der Waals surface area contributed by atoms with Crippen LogP contribution in [0.15, 0.2) is 0 Å². The van der Waals surface area contributed by atoms with Gasteiger partial charge in [0.05, 0.1) is 12.7 Å². The van der Waals surface area contributed by atoms with Crippen molar-refractivity contribution in [3.8, 4) is 0 Å². The summed E-state index contributed by atoms with van der Waals surface area (Å²) in [7, 11) is 0. The van der Waals surface area contributed by atoms with Crippen molar-refractivity contribution < 1.29 is 10.2 Å². The van der Waals surface area contributed by atoms with Crippen molar-refractivity contribution in [3.05, 3.63) is 0 Å². The molecule has 0 aromatic carbocycles. The van der Waals surface area contributed by atoms with Crippen LogP contribution in [-0.2, 0) is 0 Å². The highest BCUT2D eigenvalue weighted by molar-refractivity contribution is 4.89. The lowest BCUT2D eigenvalue weighted by molar-refractivity contribution is -0.00294. The number of hydrogen-bond acceptors (Lipinski definition) is 2. The lowest BCUT2D eigenvalue weighted by Gasteiger charge is -2.44. The minimum Gasteiger partial charge on any atom is -0.394 e. The van der Waals surface area contributed by atoms with Crippen LogP contribution in [0, 0.1) is 11.3 Å². The molecule has 2 nitrogen and oxygen atoms in total. The first kappa shape index (κ1) is 9.01. The SMILES string of the molecule is C[C@H]1C[C@](C)(CC(O)CO)C1. The molecular formula is C9H18O2. The molecule has 0 radical (unpaired) electrons. The molecular weight excluding hydrogens is 140 g/mol. The largest absolute Gasteiger partial charge is 0.394 e. The zero-order chi connectivity index (χ0) is 8.48. The van der Waals surface area contributed by atoms with Crippen molar-refractivity contribution >= 4 is 0 Å². The first-order chi connectivity index (χ1) is 5.06. The van der Waals surface area contributed by atoms with E-state index in [9.17, 15) is 5.11 Å². The van der Waals surface area contributed by atoms with Crippen molar-refractivity contribution in [1.82, 2.24) is 0 Å². The third-order valence-corrected chi connectivity index (χ3v) is 2.62. The highest BCUT2D eigenvalue weighted by Gasteiger charge is 2.38. The van der Waals surface area contributed by atoms with Gasteiger partial charge in [-0.05, 0) is 30.6 Å². The summed E-state index contributed by atoms with van der Waals surface area (Å²) in [5.41, 5.74) is 0.307. The van der Waals surface area contributed by atoms with Crippen LogP contribution in [0.2, 0.25) is 0 Å². The maximum atomic E-state index is 9.19. The molecule has 0 saturated heterocycles. The fourth-order valence-corrected chi connectivity index (χ4v) is 2.42. The number of hydrogen-bond donors (Lipinski definition) is 2. The van der Waals surface area contributed by atoms with Crippen molar-refractivity contribution in [2.24, 2.45) is 11.3 Å². The monoisotopic (exact) mass is 158 g/mol. The smallest absolute Gasteiger partial charge is 0.0776 e. The van der Waals surface area contributed by atoms with Gasteiger partial charge in [0.15, 0.2) is 0 Å². The lowest BCUT2D eigenvalue weighted by Crippen LogP contribution is -2.36. The number of rotatable bonds is 3. The summed E-state index contributed by atoms with van der Waals surface area (Å²) in [4.78, 5) is 0. The predicted molar refractivity (Wildman–Crippen MR) is 44.2 cm³/mol. The van der Waals surface area contributed by atoms with Crippen LogP contribution in [0.25, 0.3) is 0 Å². The second-order valence-corrected chi connectivity index (χ2v) is 4.36. The van der Waals surface area contributed by atoms with Crippen LogP contribution in [0.4, 0.5) is 0 Å². The molecule has 0 aromatic heterocycles. The molecule has 1 saturated carbocycles. The van der Waals surface area contributed by atoms with Crippen LogP contribution in [0.5, 0.6) is 0 Å². The molecule has 1 fully saturated rings. The molecule has 0 amide bonds. The molecule has 0 heterocycles. The first-order valence-corrected chi connectivity index (χ1v) is 4.35. The fraction of sp³-hybridized carbons (Fsp3) is 1.00. The quantitative estimate of drug-likeness (QED) is 0.647. The van der Waals surface area contributed by atoms with Gasteiger partial charge in [-0.15, -0.1) is 0 Å². The van der Waals surface area contributed by atoms with E-state index in [-0.39, 0.29) is 6.61 Å². The van der Waals surface area contributed by atoms with Gasteiger partial charge in [0.25, 0.3) is 0 Å². The summed E-state index contributed by atoms with van der Waals surface area (Å²) in [5.74, 6) is 0.811. The van der Waals surface area contributed by atoms with E-state index in [1.807, 2.05) is 0 Å². The van der Waals surface area contributed by atoms with Crippen LogP contribution >= 0.6 is 0 Å². The van der Waals surface area contributed by atoms with Gasteiger partial charge in [0, 0.05) is 0 Å². The molecule has 0 spiro atoms. The number of aliphatic hydroxyl groups is 2. The molecule has 0 aliphatic heterocycles. The summed E-state index contributed by atoms with van der Waals surface area (Å²) in [6.07, 6.45) is 2.65. The van der Waals surface area contributed by atoms with Crippen LogP contribution in [0.1, 0.15) is 33.1 Å². The molecule has 1 rings (SSSR count). The Morgan fingerprint density at radius 1 is 1.55 bits per heavy atom. The molecule has 1 aliphatic rings. The van der Waals surface area contributed by atoms with E-state index in [0.717, 1.165) is 12.3 Å². The Bertz CT molecular complexity index is 128. The molecule has 2 heteroatoms. The summed E-state index contributed by atoms with van der Waals surface area (Å²) in [6.45, 7) is 4.32. The average molecular weight is 158 g/mol. The molecule has 1 aliphatic carbocycles. The zero-order valence-corrected chi connectivity index (χ0v) is 7.38. The van der Waals surface area contributed by atoms with Crippen molar-refractivity contribution in [2.45, 2.75) is 39.2 Å². The molecule has 1 atom stereocenters. The third kappa shape index (κ3) is 2.17. The Kier molecular flexibility index (Phi) is 2.55. The minimum absolute atomic E-state index is 0.0933. The molecule has 2 N–H and O–H groups in total. The Labute approximate surface area is 68.2 Å². The first-order valence-electron chi connectivity index (χ1n) is 4.35. The van der Waals surface area contributed by atoms with Crippen LogP contribution < -0.4 is 0 Å². The van der Waals surface area contributed by atoms with Crippen molar-refractivity contribution in [2.75, 3.05) is 6.61 Å². The molecule has 0 bridgehead atoms. The van der Waals surface area contributed by atoms with Gasteiger partial charge >= 0.3 is 0 Å². The van der Waals surface area contributed by atoms with Crippen LogP contribution in [0.3, 0.4) is 0 Å². The maximum absolute atomic E-state index is 9.19. The normalized spacial score (nSPS) is 39.8. The molecule has 0 aromatic rings. The Morgan fingerprint density at radius 3 is 2.45 bits per heavy atom. The predicted octanol–water partition coefficient (Wildman–Crippen LogP) is 1.17. The van der Waals surface area contributed by atoms with Gasteiger partial charge in [-0.25, -0.2) is 0 Å². The highest BCUT2D eigenvalue weighted by Crippen LogP contribution is 2.48. The molecule has 66 valence electrons. The van der Waals surface area contributed by atoms with E-state index in [2.05, 4.69) is 13.8 Å². The Morgan fingerprint density at radius 2 is 2.09 bits per heavy atom. The molecule has 1 unspecified atom stereocenters. The van der Waals surface area contributed by atoms with Gasteiger partial charge in [0.2, 0.25) is 0 Å². The number of aliphatic hydroxyl groups excluding tert-OH is 2. The van der Waals surface area contributed by atoms with Crippen molar-refractivity contribution in [3.63, 3.8) is 0 Å². The van der Waals surface area contributed by atoms with Gasteiger partial charge in [-0.1, -0.05) is 13.8 Å². The van der Waals surface area contributed by atoms with Gasteiger partial charge in [-0.3, -0.25) is 0 Å². The second kappa shape index (κ2) is 3.11. The van der Waals surface area contributed by atoms with E-state index in [1.54, 1.807) is 0 Å². The van der Waals surface area contributed by atoms with Gasteiger partial charge in [-0.2, -0.15) is 0 Å². The summed E-state index contributed by atoms with van der Waals surface area (Å²) < 4.78 is 0. The second-order valence-electron chi connectivity index (χ2n) is 4.36. The molecule has 11 heavy (non-hydrogen) atoms. The van der Waals surface area contributed by atoms with E-state index in [4.69, 9.17) is 5.11 Å². The maximum Gasteiger partial charge on any atom is 0.0776 e. The van der Waals surface area contributed by atoms with E-state index in [0.29, 0.717) is 5.41 Å². The van der Waals surface area contributed by atoms with Crippen molar-refractivity contribution in [1.29, 1.82) is 0 Å². The summed E-state index contributed by atoms with van der Waals surface area (Å²) in [5, 5.41) is 17.8. The summed E-state index contributed by atoms with van der Waals surface area (Å²) >= 11 is 0. The Balaban J connectivity index is 2.26. The average Bonchev–Trinajstić information content (AvgIpc) is 1.84. The van der Waals surface area contributed by atoms with Gasteiger partial charge < -0.3 is 10.2 Å². The summed E-state index contributed by atoms with van der Waals surface area (Å²) in [6, 6.07) is 0. The van der Waals surface area contributed by atoms with E-state index >= 15 is 0 Å². The Hall–Kier alpha value is -0.0800.